The van der Waals surface area contributed by atoms with Gasteiger partial charge in [-0.15, -0.1) is 0 Å². The Morgan fingerprint density at radius 3 is 0.903 bits per heavy atom. The quantitative estimate of drug-likeness (QED) is 0.0262. The number of carbonyl (C=O) groups excluding carboxylic acids is 3. The van der Waals surface area contributed by atoms with Crippen LogP contribution in [0.4, 0.5) is 0 Å². The van der Waals surface area contributed by atoms with Gasteiger partial charge in [-0.1, -0.05) is 224 Å². The third kappa shape index (κ3) is 56.0. The summed E-state index contributed by atoms with van der Waals surface area (Å²) < 4.78 is 16.7. The Hall–Kier alpha value is -4.97. The van der Waals surface area contributed by atoms with Crippen molar-refractivity contribution in [3.05, 3.63) is 158 Å². The molecule has 0 fully saturated rings. The fourth-order valence-corrected chi connectivity index (χ4v) is 7.05. The molecule has 0 saturated carbocycles. The highest BCUT2D eigenvalue weighted by Gasteiger charge is 2.19. The largest absolute Gasteiger partial charge is 0.462 e. The van der Waals surface area contributed by atoms with Gasteiger partial charge in [0.1, 0.15) is 13.2 Å². The molecule has 0 rings (SSSR count). The van der Waals surface area contributed by atoms with Crippen molar-refractivity contribution in [1.29, 1.82) is 0 Å². The molecule has 6 heteroatoms. The fraction of sp³-hybridized carbons (Fsp3) is 0.561. The Balaban J connectivity index is 4.43. The van der Waals surface area contributed by atoms with Gasteiger partial charge in [-0.05, 0) is 135 Å². The number of hydrogen-bond donors (Lipinski definition) is 0. The molecule has 0 bridgehead atoms. The Morgan fingerprint density at radius 1 is 0.292 bits per heavy atom. The highest BCUT2D eigenvalue weighted by Crippen LogP contribution is 2.12. The van der Waals surface area contributed by atoms with E-state index in [0.29, 0.717) is 19.3 Å². The van der Waals surface area contributed by atoms with Crippen LogP contribution in [0.25, 0.3) is 0 Å². The summed E-state index contributed by atoms with van der Waals surface area (Å²) in [5.41, 5.74) is 0. The van der Waals surface area contributed by atoms with Gasteiger partial charge in [-0.2, -0.15) is 0 Å². The van der Waals surface area contributed by atoms with Crippen molar-refractivity contribution < 1.29 is 28.6 Å². The average Bonchev–Trinajstić information content (AvgIpc) is 3.38. The first-order valence-corrected chi connectivity index (χ1v) is 28.5. The summed E-state index contributed by atoms with van der Waals surface area (Å²) in [4.78, 5) is 38.0. The van der Waals surface area contributed by atoms with Crippen molar-refractivity contribution in [3.8, 4) is 0 Å². The second kappa shape index (κ2) is 58.6. The summed E-state index contributed by atoms with van der Waals surface area (Å²) in [6, 6.07) is 0. The fourth-order valence-electron chi connectivity index (χ4n) is 7.05. The van der Waals surface area contributed by atoms with E-state index in [0.717, 1.165) is 161 Å². The van der Waals surface area contributed by atoms with E-state index in [2.05, 4.69) is 179 Å². The van der Waals surface area contributed by atoms with Crippen LogP contribution in [0.2, 0.25) is 0 Å². The van der Waals surface area contributed by atoms with Crippen molar-refractivity contribution in [3.63, 3.8) is 0 Å². The highest BCUT2D eigenvalue weighted by atomic mass is 16.6. The maximum atomic E-state index is 12.8. The summed E-state index contributed by atoms with van der Waals surface area (Å²) in [6.45, 7) is 6.25. The van der Waals surface area contributed by atoms with Gasteiger partial charge < -0.3 is 14.2 Å². The van der Waals surface area contributed by atoms with Gasteiger partial charge in [0.15, 0.2) is 6.10 Å². The van der Waals surface area contributed by atoms with Crippen LogP contribution in [0.5, 0.6) is 0 Å². The smallest absolute Gasteiger partial charge is 0.306 e. The van der Waals surface area contributed by atoms with E-state index < -0.39 is 6.10 Å². The van der Waals surface area contributed by atoms with E-state index in [1.807, 2.05) is 0 Å². The van der Waals surface area contributed by atoms with Crippen LogP contribution < -0.4 is 0 Å². The molecule has 72 heavy (non-hydrogen) atoms. The second-order valence-electron chi connectivity index (χ2n) is 18.1. The first-order chi connectivity index (χ1) is 35.5. The van der Waals surface area contributed by atoms with Gasteiger partial charge in [0.25, 0.3) is 0 Å². The SMILES string of the molecule is CC/C=C\C/C=C\C/C=C\C/C=C\C/C=C\C/C=C\C/C=C\CCCCCCCC(=O)OCC(COC(=O)CCCCCCC/C=C\CCC)OC(=O)CCC/C=C\C/C=C\C/C=C\C/C=C\C/C=C\CC. The second-order valence-corrected chi connectivity index (χ2v) is 18.1. The monoisotopic (exact) mass is 991 g/mol. The van der Waals surface area contributed by atoms with Crippen LogP contribution in [-0.2, 0) is 28.6 Å². The lowest BCUT2D eigenvalue weighted by molar-refractivity contribution is -0.167. The predicted molar refractivity (Wildman–Crippen MR) is 311 cm³/mol. The average molecular weight is 992 g/mol. The summed E-state index contributed by atoms with van der Waals surface area (Å²) in [5, 5.41) is 0. The normalized spacial score (nSPS) is 13.3. The van der Waals surface area contributed by atoms with Crippen LogP contribution in [0.1, 0.15) is 220 Å². The number of esters is 3. The minimum absolute atomic E-state index is 0.118. The Labute approximate surface area is 441 Å². The number of rotatable bonds is 49. The molecule has 0 aromatic heterocycles. The molecule has 0 amide bonds. The molecule has 0 spiro atoms. The maximum Gasteiger partial charge on any atom is 0.306 e. The summed E-state index contributed by atoms with van der Waals surface area (Å²) in [7, 11) is 0. The first-order valence-electron chi connectivity index (χ1n) is 28.5. The molecule has 0 N–H and O–H groups in total. The van der Waals surface area contributed by atoms with E-state index in [9.17, 15) is 14.4 Å². The van der Waals surface area contributed by atoms with Gasteiger partial charge in [0.2, 0.25) is 0 Å². The number of ether oxygens (including phenoxy) is 3. The number of carbonyl (C=O) groups is 3. The van der Waals surface area contributed by atoms with E-state index in [1.165, 1.54) is 12.8 Å². The Bertz CT molecular complexity index is 1660. The van der Waals surface area contributed by atoms with Gasteiger partial charge in [-0.25, -0.2) is 0 Å². The lowest BCUT2D eigenvalue weighted by Crippen LogP contribution is -2.30. The van der Waals surface area contributed by atoms with Gasteiger partial charge >= 0.3 is 17.9 Å². The number of allylic oxidation sites excluding steroid dienone is 26. The van der Waals surface area contributed by atoms with Crippen LogP contribution in [0, 0.1) is 0 Å². The first kappa shape index (κ1) is 67.0. The molecule has 0 heterocycles. The zero-order valence-corrected chi connectivity index (χ0v) is 45.9. The molecular formula is C66H102O6. The predicted octanol–water partition coefficient (Wildman–Crippen LogP) is 19.4. The van der Waals surface area contributed by atoms with Gasteiger partial charge in [-0.3, -0.25) is 14.4 Å². The molecule has 0 aliphatic heterocycles. The van der Waals surface area contributed by atoms with Crippen LogP contribution in [0.15, 0.2) is 158 Å². The molecule has 0 aromatic rings. The van der Waals surface area contributed by atoms with Crippen molar-refractivity contribution in [2.75, 3.05) is 13.2 Å². The standard InChI is InChI=1S/C66H102O6/c1-4-7-10-13-16-19-22-24-26-28-29-30-31-32-33-34-35-36-37-39-40-42-44-47-50-53-56-59-65(68)71-62-63(61-70-64(67)58-55-52-49-46-21-18-15-12-9-6-3)72-66(69)60-57-54-51-48-45-43-41-38-27-25-23-20-17-14-11-8-5-2/h7-8,10-12,15-17,19-20,24-27,29-30,32-33,35-36,39-41,43,48,51,63H,4-6,9,13-14,18,21-23,28,31,34,37-38,42,44-47,49-50,52-62H2,1-3H3/b10-7-,11-8-,15-12-,19-16-,20-17-,26-24-,27-25-,30-29-,33-32-,36-35-,40-39-,43-41-,51-48-. The zero-order chi connectivity index (χ0) is 52.2. The van der Waals surface area contributed by atoms with Crippen LogP contribution >= 0.6 is 0 Å². The Morgan fingerprint density at radius 2 is 0.556 bits per heavy atom. The van der Waals surface area contributed by atoms with E-state index in [4.69, 9.17) is 14.2 Å². The molecule has 6 nitrogen and oxygen atoms in total. The topological polar surface area (TPSA) is 78.9 Å². The molecule has 0 aromatic carbocycles. The van der Waals surface area contributed by atoms with Crippen molar-refractivity contribution in [2.45, 2.75) is 226 Å². The molecule has 1 atom stereocenters. The van der Waals surface area contributed by atoms with Crippen molar-refractivity contribution in [2.24, 2.45) is 0 Å². The molecule has 0 radical (unpaired) electrons. The minimum atomic E-state index is -0.827. The van der Waals surface area contributed by atoms with E-state index >= 15 is 0 Å². The third-order valence-corrected chi connectivity index (χ3v) is 11.2. The summed E-state index contributed by atoms with van der Waals surface area (Å²) >= 11 is 0. The lowest BCUT2D eigenvalue weighted by atomic mass is 10.1. The van der Waals surface area contributed by atoms with Crippen molar-refractivity contribution >= 4 is 17.9 Å². The molecule has 0 saturated heterocycles. The van der Waals surface area contributed by atoms with Crippen LogP contribution in [-0.4, -0.2) is 37.2 Å². The van der Waals surface area contributed by atoms with Gasteiger partial charge in [0.05, 0.1) is 0 Å². The molecule has 0 aliphatic carbocycles. The number of unbranched alkanes of at least 4 members (excludes halogenated alkanes) is 12. The van der Waals surface area contributed by atoms with Gasteiger partial charge in [0, 0.05) is 19.3 Å². The van der Waals surface area contributed by atoms with Crippen molar-refractivity contribution in [1.82, 2.24) is 0 Å². The highest BCUT2D eigenvalue weighted by molar-refractivity contribution is 5.71. The van der Waals surface area contributed by atoms with E-state index in [1.54, 1.807) is 0 Å². The summed E-state index contributed by atoms with van der Waals surface area (Å²) in [5.74, 6) is -1.02. The van der Waals surface area contributed by atoms with E-state index in [-0.39, 0.29) is 37.5 Å². The Kier molecular flexibility index (Phi) is 54.6. The van der Waals surface area contributed by atoms with Crippen LogP contribution in [0.3, 0.4) is 0 Å². The minimum Gasteiger partial charge on any atom is -0.462 e. The third-order valence-electron chi connectivity index (χ3n) is 11.2. The molecule has 1 unspecified atom stereocenters. The zero-order valence-electron chi connectivity index (χ0n) is 45.9. The summed E-state index contributed by atoms with van der Waals surface area (Å²) in [6.07, 6.45) is 85.3. The number of hydrogen-bond acceptors (Lipinski definition) is 6. The molecule has 402 valence electrons. The molecule has 0 aliphatic rings. The molecular weight excluding hydrogens is 889 g/mol. The maximum absolute atomic E-state index is 12.8. The lowest BCUT2D eigenvalue weighted by Gasteiger charge is -2.18.